The van der Waals surface area contributed by atoms with Crippen LogP contribution in [0.4, 0.5) is 0 Å². The molecule has 0 aromatic rings. The topological polar surface area (TPSA) is 57.0 Å². The Hall–Kier alpha value is 2.02. The monoisotopic (exact) mass is 289 g/mol. The fourth-order valence-corrected chi connectivity index (χ4v) is 0. The Labute approximate surface area is 74.9 Å². The maximum absolute atomic E-state index is 0. The first-order chi connectivity index (χ1) is 0. The third kappa shape index (κ3) is 23.8. The van der Waals surface area contributed by atoms with E-state index in [0.29, 0.717) is 0 Å². The van der Waals surface area contributed by atoms with Crippen LogP contribution in [-0.2, 0) is 38.3 Å². The van der Waals surface area contributed by atoms with E-state index < -0.39 is 0 Å². The molecule has 0 saturated heterocycles. The van der Waals surface area contributed by atoms with Gasteiger partial charge in [0.2, 0.25) is 0 Å². The molecule has 2 nitrogen and oxygen atoms in total. The molecule has 0 spiro atoms. The molecule has 0 aliphatic carbocycles. The molecule has 0 heterocycles. The van der Waals surface area contributed by atoms with Gasteiger partial charge in [0.25, 0.3) is 0 Å². The Morgan fingerprint density at radius 1 is 0.800 bits per heavy atom. The van der Waals surface area contributed by atoms with Gasteiger partial charge in [-0.3, -0.25) is 0 Å². The standard InChI is InChI=1S/Cd.Ga.Ge.2O/q;;+4;2*-2. The van der Waals surface area contributed by atoms with Gasteiger partial charge >= 0.3 is 17.6 Å². The zero-order valence-corrected chi connectivity index (χ0v) is 11.2. The summed E-state index contributed by atoms with van der Waals surface area (Å²) in [6.07, 6.45) is 0. The zero-order valence-electron chi connectivity index (χ0n) is 2.60. The van der Waals surface area contributed by atoms with Crippen LogP contribution in [0, 0.1) is 0 Å². The average molecular weight is 287 g/mol. The summed E-state index contributed by atoms with van der Waals surface area (Å²) in [4.78, 5) is 0. The van der Waals surface area contributed by atoms with Crippen LogP contribution >= 0.6 is 0 Å². The largest absolute Gasteiger partial charge is 4.00 e. The third-order valence-electron chi connectivity index (χ3n) is 0. The Morgan fingerprint density at radius 3 is 0.800 bits per heavy atom. The molecule has 0 aliphatic heterocycles. The second-order valence-electron chi connectivity index (χ2n) is 0. The Bertz CT molecular complexity index is 9.61. The summed E-state index contributed by atoms with van der Waals surface area (Å²) in [5.74, 6) is 0. The molecule has 0 bridgehead atoms. The van der Waals surface area contributed by atoms with Crippen LogP contribution in [-0.4, -0.2) is 37.4 Å². The average Bonchev–Trinajstić information content (AvgIpc) is 0. The van der Waals surface area contributed by atoms with Crippen LogP contribution in [0.3, 0.4) is 0 Å². The summed E-state index contributed by atoms with van der Waals surface area (Å²) in [5, 5.41) is 0. The Morgan fingerprint density at radius 2 is 0.800 bits per heavy atom. The van der Waals surface area contributed by atoms with Gasteiger partial charge in [0.1, 0.15) is 0 Å². The van der Waals surface area contributed by atoms with Crippen molar-refractivity contribution in [3.8, 4) is 0 Å². The molecule has 0 fully saturated rings. The van der Waals surface area contributed by atoms with Crippen molar-refractivity contribution in [1.82, 2.24) is 0 Å². The smallest absolute Gasteiger partial charge is 2.00 e. The molecule has 0 rings (SSSR count). The molecule has 3 radical (unpaired) electrons. The van der Waals surface area contributed by atoms with Crippen molar-refractivity contribution < 1.29 is 38.3 Å². The van der Waals surface area contributed by atoms with Crippen LogP contribution in [0.1, 0.15) is 0 Å². The van der Waals surface area contributed by atoms with Gasteiger partial charge in [-0.05, 0) is 0 Å². The minimum absolute atomic E-state index is 0. The molecule has 0 aliphatic rings. The van der Waals surface area contributed by atoms with Gasteiger partial charge < -0.3 is 11.0 Å². The van der Waals surface area contributed by atoms with Crippen LogP contribution in [0.5, 0.6) is 0 Å². The fraction of sp³-hybridized carbons (Fsp3) is 0. The van der Waals surface area contributed by atoms with Gasteiger partial charge in [-0.25, -0.2) is 0 Å². The normalized spacial score (nSPS) is 0. The molecule has 0 aromatic carbocycles. The quantitative estimate of drug-likeness (QED) is 0.513. The summed E-state index contributed by atoms with van der Waals surface area (Å²) >= 11 is 0. The molecular weight excluding hydrogens is 287 g/mol. The minimum atomic E-state index is 0. The summed E-state index contributed by atoms with van der Waals surface area (Å²) in [7, 11) is 0. The van der Waals surface area contributed by atoms with E-state index in [9.17, 15) is 0 Å². The van der Waals surface area contributed by atoms with Gasteiger partial charge in [0.05, 0.1) is 0 Å². The molecule has 5 heavy (non-hydrogen) atoms. The Balaban J connectivity index is 0. The van der Waals surface area contributed by atoms with Crippen LogP contribution in [0.25, 0.3) is 0 Å². The van der Waals surface area contributed by atoms with Crippen molar-refractivity contribution in [1.29, 1.82) is 0 Å². The predicted molar refractivity (Wildman–Crippen MR) is 12.9 cm³/mol. The fourth-order valence-electron chi connectivity index (χ4n) is 0. The van der Waals surface area contributed by atoms with Crippen molar-refractivity contribution in [3.05, 3.63) is 0 Å². The maximum atomic E-state index is 0. The van der Waals surface area contributed by atoms with Crippen LogP contribution < -0.4 is 0 Å². The molecule has 0 atom stereocenters. The van der Waals surface area contributed by atoms with Crippen molar-refractivity contribution in [3.63, 3.8) is 0 Å². The first-order valence-electron chi connectivity index (χ1n) is 0. The van der Waals surface area contributed by atoms with Gasteiger partial charge in [-0.1, -0.05) is 0 Å². The number of hydrogen-bond donors (Lipinski definition) is 0. The summed E-state index contributed by atoms with van der Waals surface area (Å²) in [6, 6.07) is 0. The molecule has 0 unspecified atom stereocenters. The van der Waals surface area contributed by atoms with E-state index in [0.717, 1.165) is 0 Å². The van der Waals surface area contributed by atoms with Gasteiger partial charge in [-0.2, -0.15) is 0 Å². The van der Waals surface area contributed by atoms with Crippen molar-refractivity contribution in [2.45, 2.75) is 0 Å². The Kier molecular flexibility index (Phi) is 463. The van der Waals surface area contributed by atoms with Gasteiger partial charge in [-0.15, -0.1) is 0 Å². The van der Waals surface area contributed by atoms with E-state index in [1.54, 1.807) is 0 Å². The van der Waals surface area contributed by atoms with Gasteiger partial charge in [0.15, 0.2) is 0 Å². The number of rotatable bonds is 0. The summed E-state index contributed by atoms with van der Waals surface area (Å²) < 4.78 is 0. The summed E-state index contributed by atoms with van der Waals surface area (Å²) in [5.41, 5.74) is 0. The first-order valence-corrected chi connectivity index (χ1v) is 0. The molecule has 5 heteroatoms. The van der Waals surface area contributed by atoms with Crippen molar-refractivity contribution >= 4 is 37.4 Å². The summed E-state index contributed by atoms with van der Waals surface area (Å²) in [6.45, 7) is 0. The second kappa shape index (κ2) is 37.2. The molecule has 0 aromatic heterocycles. The molecule has 0 amide bonds. The number of hydrogen-bond acceptors (Lipinski definition) is 0. The first kappa shape index (κ1) is 62.3. The van der Waals surface area contributed by atoms with Crippen molar-refractivity contribution in [2.24, 2.45) is 0 Å². The predicted octanol–water partition coefficient (Wildman–Crippen LogP) is -1.00. The SMILES string of the molecule is [Cd].[Ga].[Ge+4].[O-2].[O-2]. The third-order valence-corrected chi connectivity index (χ3v) is 0. The van der Waals surface area contributed by atoms with E-state index in [-0.39, 0.29) is 75.6 Å². The molecule has 21 valence electrons. The minimum Gasteiger partial charge on any atom is -2.00 e. The molecule has 0 saturated carbocycles. The maximum Gasteiger partial charge on any atom is 4.00 e. The van der Waals surface area contributed by atoms with Crippen LogP contribution in [0.2, 0.25) is 0 Å². The van der Waals surface area contributed by atoms with Crippen molar-refractivity contribution in [2.75, 3.05) is 0 Å². The van der Waals surface area contributed by atoms with E-state index in [1.807, 2.05) is 0 Å². The zero-order chi connectivity index (χ0) is 0. The van der Waals surface area contributed by atoms with E-state index in [2.05, 4.69) is 0 Å². The van der Waals surface area contributed by atoms with Gasteiger partial charge in [0, 0.05) is 47.1 Å². The second-order valence-corrected chi connectivity index (χ2v) is 0. The molecular formula is CdGaGeO2. The van der Waals surface area contributed by atoms with E-state index in [1.165, 1.54) is 0 Å². The molecule has 0 N–H and O–H groups in total. The van der Waals surface area contributed by atoms with Crippen LogP contribution in [0.15, 0.2) is 0 Å². The van der Waals surface area contributed by atoms with E-state index >= 15 is 0 Å². The van der Waals surface area contributed by atoms with E-state index in [4.69, 9.17) is 0 Å².